The van der Waals surface area contributed by atoms with Gasteiger partial charge in [0.25, 0.3) is 5.91 Å². The van der Waals surface area contributed by atoms with Gasteiger partial charge in [0.2, 0.25) is 0 Å². The normalized spacial score (nSPS) is 9.75. The molecule has 0 aliphatic carbocycles. The van der Waals surface area contributed by atoms with Crippen LogP contribution >= 0.6 is 0 Å². The van der Waals surface area contributed by atoms with Crippen LogP contribution in [0, 0.1) is 11.8 Å². The van der Waals surface area contributed by atoms with Crippen LogP contribution in [0.3, 0.4) is 0 Å². The number of aliphatic hydroxyl groups is 1. The third kappa shape index (κ3) is 5.07. The number of hydrogen-bond acceptors (Lipinski definition) is 2. The van der Waals surface area contributed by atoms with Crippen molar-refractivity contribution >= 4 is 5.91 Å². The fraction of sp³-hybridized carbons (Fsp3) is 0.471. The Bertz CT molecular complexity index is 468. The number of carbonyl (C=O) groups excluding carboxylic acids is 1. The standard InChI is InChI=1S/C17H23NO2/c1-3-5-13-18(4-2)17(20)16-11-9-15(10-12-16)8-6-7-14-19/h9-12,19H,3-5,7,13-14H2,1-2H3. The van der Waals surface area contributed by atoms with Crippen molar-refractivity contribution in [3.63, 3.8) is 0 Å². The molecule has 0 saturated carbocycles. The van der Waals surface area contributed by atoms with Crippen LogP contribution < -0.4 is 0 Å². The Hall–Kier alpha value is -1.79. The van der Waals surface area contributed by atoms with Gasteiger partial charge in [0.05, 0.1) is 6.61 Å². The molecule has 108 valence electrons. The molecule has 1 amide bonds. The molecule has 0 spiro atoms. The second kappa shape index (κ2) is 9.17. The Kier molecular flexibility index (Phi) is 7.46. The average Bonchev–Trinajstić information content (AvgIpc) is 2.49. The van der Waals surface area contributed by atoms with Gasteiger partial charge in [0, 0.05) is 30.6 Å². The molecule has 1 aromatic rings. The second-order valence-corrected chi connectivity index (χ2v) is 4.59. The van der Waals surface area contributed by atoms with Crippen molar-refractivity contribution in [2.75, 3.05) is 19.7 Å². The molecule has 0 fully saturated rings. The van der Waals surface area contributed by atoms with E-state index in [-0.39, 0.29) is 12.5 Å². The molecule has 3 nitrogen and oxygen atoms in total. The zero-order chi connectivity index (χ0) is 14.8. The van der Waals surface area contributed by atoms with Crippen LogP contribution in [-0.4, -0.2) is 35.6 Å². The lowest BCUT2D eigenvalue weighted by Gasteiger charge is -2.20. The molecule has 0 heterocycles. The SMILES string of the molecule is CCCCN(CC)C(=O)c1ccc(C#CCCO)cc1. The van der Waals surface area contributed by atoms with E-state index >= 15 is 0 Å². The number of carbonyl (C=O) groups is 1. The highest BCUT2D eigenvalue weighted by Gasteiger charge is 2.12. The summed E-state index contributed by atoms with van der Waals surface area (Å²) < 4.78 is 0. The number of unbranched alkanes of at least 4 members (excludes halogenated alkanes) is 1. The predicted octanol–water partition coefficient (Wildman–Crippen LogP) is 2.68. The summed E-state index contributed by atoms with van der Waals surface area (Å²) in [4.78, 5) is 14.2. The summed E-state index contributed by atoms with van der Waals surface area (Å²) in [5.41, 5.74) is 1.57. The Morgan fingerprint density at radius 1 is 1.25 bits per heavy atom. The van der Waals surface area contributed by atoms with Crippen LogP contribution in [0.1, 0.15) is 49.0 Å². The minimum atomic E-state index is 0.0759. The maximum absolute atomic E-state index is 12.3. The molecule has 0 aliphatic heterocycles. The second-order valence-electron chi connectivity index (χ2n) is 4.59. The van der Waals surface area contributed by atoms with Crippen molar-refractivity contribution < 1.29 is 9.90 Å². The van der Waals surface area contributed by atoms with E-state index in [9.17, 15) is 4.79 Å². The van der Waals surface area contributed by atoms with Gasteiger partial charge in [-0.15, -0.1) is 0 Å². The van der Waals surface area contributed by atoms with Crippen LogP contribution in [-0.2, 0) is 0 Å². The van der Waals surface area contributed by atoms with Gasteiger partial charge >= 0.3 is 0 Å². The molecule has 0 atom stereocenters. The van der Waals surface area contributed by atoms with Gasteiger partial charge in [-0.25, -0.2) is 0 Å². The minimum Gasteiger partial charge on any atom is -0.395 e. The molecule has 0 aromatic heterocycles. The van der Waals surface area contributed by atoms with E-state index in [1.54, 1.807) is 0 Å². The highest BCUT2D eigenvalue weighted by atomic mass is 16.2. The molecule has 0 saturated heterocycles. The first-order valence-electron chi connectivity index (χ1n) is 7.22. The van der Waals surface area contributed by atoms with Gasteiger partial charge in [0.15, 0.2) is 0 Å². The molecule has 3 heteroatoms. The first-order chi connectivity index (χ1) is 9.72. The predicted molar refractivity (Wildman–Crippen MR) is 81.5 cm³/mol. The number of rotatable bonds is 6. The molecule has 0 unspecified atom stereocenters. The largest absolute Gasteiger partial charge is 0.395 e. The highest BCUT2D eigenvalue weighted by molar-refractivity contribution is 5.94. The van der Waals surface area contributed by atoms with Crippen molar-refractivity contribution in [3.8, 4) is 11.8 Å². The number of hydrogen-bond donors (Lipinski definition) is 1. The number of benzene rings is 1. The average molecular weight is 273 g/mol. The Morgan fingerprint density at radius 3 is 2.50 bits per heavy atom. The maximum Gasteiger partial charge on any atom is 0.253 e. The van der Waals surface area contributed by atoms with Gasteiger partial charge in [0.1, 0.15) is 0 Å². The summed E-state index contributed by atoms with van der Waals surface area (Å²) in [6.45, 7) is 5.74. The summed E-state index contributed by atoms with van der Waals surface area (Å²) in [7, 11) is 0. The minimum absolute atomic E-state index is 0.0759. The van der Waals surface area contributed by atoms with Gasteiger partial charge in [-0.3, -0.25) is 4.79 Å². The number of amides is 1. The molecule has 20 heavy (non-hydrogen) atoms. The first kappa shape index (κ1) is 16.3. The van der Waals surface area contributed by atoms with E-state index < -0.39 is 0 Å². The smallest absolute Gasteiger partial charge is 0.253 e. The van der Waals surface area contributed by atoms with Crippen molar-refractivity contribution in [3.05, 3.63) is 35.4 Å². The highest BCUT2D eigenvalue weighted by Crippen LogP contribution is 2.08. The molecule has 1 aromatic carbocycles. The Morgan fingerprint density at radius 2 is 1.95 bits per heavy atom. The molecule has 1 N–H and O–H groups in total. The lowest BCUT2D eigenvalue weighted by molar-refractivity contribution is 0.0762. The lowest BCUT2D eigenvalue weighted by atomic mass is 10.1. The van der Waals surface area contributed by atoms with Crippen molar-refractivity contribution in [1.82, 2.24) is 4.90 Å². The molecule has 0 aliphatic rings. The van der Waals surface area contributed by atoms with E-state index in [0.717, 1.165) is 31.5 Å². The fourth-order valence-electron chi connectivity index (χ4n) is 1.85. The molecular formula is C17H23NO2. The third-order valence-electron chi connectivity index (χ3n) is 3.05. The first-order valence-corrected chi connectivity index (χ1v) is 7.22. The zero-order valence-corrected chi connectivity index (χ0v) is 12.4. The van der Waals surface area contributed by atoms with E-state index in [1.165, 1.54) is 0 Å². The van der Waals surface area contributed by atoms with Crippen molar-refractivity contribution in [1.29, 1.82) is 0 Å². The van der Waals surface area contributed by atoms with Crippen molar-refractivity contribution in [2.45, 2.75) is 33.1 Å². The summed E-state index contributed by atoms with van der Waals surface area (Å²) in [5.74, 6) is 5.90. The Balaban J connectivity index is 2.72. The molecule has 1 rings (SSSR count). The van der Waals surface area contributed by atoms with E-state index in [4.69, 9.17) is 5.11 Å². The van der Waals surface area contributed by atoms with Gasteiger partial charge in [-0.2, -0.15) is 0 Å². The van der Waals surface area contributed by atoms with Gasteiger partial charge in [-0.1, -0.05) is 25.2 Å². The van der Waals surface area contributed by atoms with Crippen molar-refractivity contribution in [2.24, 2.45) is 0 Å². The van der Waals surface area contributed by atoms with Crippen LogP contribution in [0.4, 0.5) is 0 Å². The molecule has 0 bridgehead atoms. The molecule has 0 radical (unpaired) electrons. The summed E-state index contributed by atoms with van der Waals surface area (Å²) in [6.07, 6.45) is 2.59. The quantitative estimate of drug-likeness (QED) is 0.810. The van der Waals surface area contributed by atoms with Crippen LogP contribution in [0.5, 0.6) is 0 Å². The topological polar surface area (TPSA) is 40.5 Å². The fourth-order valence-corrected chi connectivity index (χ4v) is 1.85. The Labute approximate surface area is 121 Å². The van der Waals surface area contributed by atoms with E-state index in [1.807, 2.05) is 36.1 Å². The lowest BCUT2D eigenvalue weighted by Crippen LogP contribution is -2.31. The summed E-state index contributed by atoms with van der Waals surface area (Å²) >= 11 is 0. The third-order valence-corrected chi connectivity index (χ3v) is 3.05. The van der Waals surface area contributed by atoms with Crippen LogP contribution in [0.15, 0.2) is 24.3 Å². The van der Waals surface area contributed by atoms with Gasteiger partial charge < -0.3 is 10.0 Å². The zero-order valence-electron chi connectivity index (χ0n) is 12.4. The van der Waals surface area contributed by atoms with Crippen LogP contribution in [0.2, 0.25) is 0 Å². The van der Waals surface area contributed by atoms with Gasteiger partial charge in [-0.05, 0) is 37.6 Å². The van der Waals surface area contributed by atoms with E-state index in [2.05, 4.69) is 18.8 Å². The van der Waals surface area contributed by atoms with E-state index in [0.29, 0.717) is 12.0 Å². The monoisotopic (exact) mass is 273 g/mol. The number of nitrogens with zero attached hydrogens (tertiary/aromatic N) is 1. The maximum atomic E-state index is 12.3. The summed E-state index contributed by atoms with van der Waals surface area (Å²) in [5, 5.41) is 8.67. The number of aliphatic hydroxyl groups excluding tert-OH is 1. The van der Waals surface area contributed by atoms with Crippen LogP contribution in [0.25, 0.3) is 0 Å². The molecular weight excluding hydrogens is 250 g/mol. The summed E-state index contributed by atoms with van der Waals surface area (Å²) in [6, 6.07) is 7.34.